The van der Waals surface area contributed by atoms with E-state index in [0.717, 1.165) is 17.8 Å². The number of anilines is 1. The number of rotatable bonds is 6. The third kappa shape index (κ3) is 4.25. The molecule has 0 saturated carbocycles. The van der Waals surface area contributed by atoms with Gasteiger partial charge in [0.15, 0.2) is 0 Å². The second kappa shape index (κ2) is 7.16. The summed E-state index contributed by atoms with van der Waals surface area (Å²) in [6, 6.07) is 0.381. The molecule has 0 saturated heterocycles. The fourth-order valence-electron chi connectivity index (χ4n) is 1.63. The number of aromatic nitrogens is 4. The molecule has 0 radical (unpaired) electrons. The highest BCUT2D eigenvalue weighted by atomic mass is 35.5. The van der Waals surface area contributed by atoms with Gasteiger partial charge in [0.25, 0.3) is 0 Å². The molecule has 0 aliphatic heterocycles. The average molecular weight is 286 g/mol. The minimum Gasteiger partial charge on any atom is -0.394 e. The van der Waals surface area contributed by atoms with Crippen LogP contribution in [0.25, 0.3) is 0 Å². The first kappa shape index (κ1) is 15.5. The Morgan fingerprint density at radius 2 is 2.05 bits per heavy atom. The van der Waals surface area contributed by atoms with Crippen molar-refractivity contribution in [2.24, 2.45) is 0 Å². The molecule has 0 spiro atoms. The van der Waals surface area contributed by atoms with Crippen molar-refractivity contribution in [2.45, 2.75) is 33.0 Å². The van der Waals surface area contributed by atoms with Gasteiger partial charge in [-0.25, -0.2) is 0 Å². The van der Waals surface area contributed by atoms with Crippen LogP contribution < -0.4 is 5.32 Å². The molecule has 0 unspecified atom stereocenters. The first-order valence-electron chi connectivity index (χ1n) is 6.09. The fraction of sp³-hybridized carbons (Fsp3) is 0.500. The monoisotopic (exact) mass is 285 g/mol. The highest BCUT2D eigenvalue weighted by Crippen LogP contribution is 2.09. The van der Waals surface area contributed by atoms with Gasteiger partial charge in [-0.3, -0.25) is 9.36 Å². The van der Waals surface area contributed by atoms with E-state index < -0.39 is 0 Å². The predicted octanol–water partition coefficient (Wildman–Crippen LogP) is 1.69. The second-order valence-corrected chi connectivity index (χ2v) is 4.49. The largest absolute Gasteiger partial charge is 0.394 e. The van der Waals surface area contributed by atoms with E-state index in [-0.39, 0.29) is 19.0 Å². The Bertz CT molecular complexity index is 494. The molecule has 2 rings (SSSR count). The van der Waals surface area contributed by atoms with Gasteiger partial charge in [0.05, 0.1) is 31.2 Å². The molecule has 6 nitrogen and oxygen atoms in total. The molecular weight excluding hydrogens is 266 g/mol. The van der Waals surface area contributed by atoms with E-state index in [1.165, 1.54) is 0 Å². The van der Waals surface area contributed by atoms with Gasteiger partial charge in [-0.1, -0.05) is 0 Å². The van der Waals surface area contributed by atoms with Crippen molar-refractivity contribution in [2.75, 3.05) is 11.9 Å². The summed E-state index contributed by atoms with van der Waals surface area (Å²) < 4.78 is 3.64. The Labute approximate surface area is 118 Å². The molecule has 2 aromatic rings. The van der Waals surface area contributed by atoms with E-state index in [2.05, 4.69) is 29.4 Å². The normalized spacial score (nSPS) is 10.5. The van der Waals surface area contributed by atoms with E-state index >= 15 is 0 Å². The number of halogens is 1. The molecule has 7 heteroatoms. The van der Waals surface area contributed by atoms with Crippen molar-refractivity contribution in [3.05, 3.63) is 30.4 Å². The van der Waals surface area contributed by atoms with E-state index in [4.69, 9.17) is 5.11 Å². The quantitative estimate of drug-likeness (QED) is 0.847. The van der Waals surface area contributed by atoms with Crippen LogP contribution in [0.1, 0.15) is 25.5 Å². The Hall–Kier alpha value is -1.53. The summed E-state index contributed by atoms with van der Waals surface area (Å²) in [5.41, 5.74) is 2.08. The molecule has 19 heavy (non-hydrogen) atoms. The topological polar surface area (TPSA) is 67.9 Å². The molecule has 0 atom stereocenters. The van der Waals surface area contributed by atoms with Crippen LogP contribution in [0.2, 0.25) is 0 Å². The van der Waals surface area contributed by atoms with Crippen molar-refractivity contribution in [3.8, 4) is 0 Å². The van der Waals surface area contributed by atoms with Crippen molar-refractivity contribution < 1.29 is 5.11 Å². The van der Waals surface area contributed by atoms with Gasteiger partial charge in [-0.2, -0.15) is 10.2 Å². The lowest BCUT2D eigenvalue weighted by atomic mass is 10.3. The number of nitrogens with one attached hydrogen (secondary N) is 1. The number of hydrogen-bond donors (Lipinski definition) is 2. The first-order chi connectivity index (χ1) is 8.69. The van der Waals surface area contributed by atoms with Crippen LogP contribution in [0.3, 0.4) is 0 Å². The number of hydrogen-bond acceptors (Lipinski definition) is 4. The third-order valence-electron chi connectivity index (χ3n) is 2.64. The lowest BCUT2D eigenvalue weighted by Crippen LogP contribution is -2.02. The summed E-state index contributed by atoms with van der Waals surface area (Å²) in [6.45, 7) is 5.54. The highest BCUT2D eigenvalue weighted by molar-refractivity contribution is 5.85. The third-order valence-corrected chi connectivity index (χ3v) is 2.64. The van der Waals surface area contributed by atoms with Crippen LogP contribution in [0.5, 0.6) is 0 Å². The van der Waals surface area contributed by atoms with Crippen molar-refractivity contribution in [3.63, 3.8) is 0 Å². The van der Waals surface area contributed by atoms with Crippen LogP contribution in [0, 0.1) is 0 Å². The molecule has 0 aliphatic carbocycles. The molecule has 0 aliphatic rings. The fourth-order valence-corrected chi connectivity index (χ4v) is 1.63. The minimum absolute atomic E-state index is 0. The molecule has 106 valence electrons. The summed E-state index contributed by atoms with van der Waals surface area (Å²) in [4.78, 5) is 0. The van der Waals surface area contributed by atoms with Crippen LogP contribution in [-0.4, -0.2) is 31.3 Å². The van der Waals surface area contributed by atoms with Crippen LogP contribution in [-0.2, 0) is 13.1 Å². The van der Waals surface area contributed by atoms with Gasteiger partial charge in [-0.05, 0) is 13.8 Å². The molecule has 2 heterocycles. The molecule has 0 bridgehead atoms. The Kier molecular flexibility index (Phi) is 5.85. The highest BCUT2D eigenvalue weighted by Gasteiger charge is 2.02. The van der Waals surface area contributed by atoms with Crippen LogP contribution in [0.4, 0.5) is 5.69 Å². The standard InChI is InChI=1S/C12H19N5O.ClH/c1-10(2)17-8-11(6-15-17)5-13-12-7-14-16(9-12)3-4-18;/h6-10,13,18H,3-5H2,1-2H3;1H. The number of aliphatic hydroxyl groups is 1. The Balaban J connectivity index is 0.00000180. The zero-order chi connectivity index (χ0) is 13.0. The number of aliphatic hydroxyl groups excluding tert-OH is 1. The maximum absolute atomic E-state index is 8.80. The average Bonchev–Trinajstić information content (AvgIpc) is 2.95. The zero-order valence-corrected chi connectivity index (χ0v) is 12.0. The van der Waals surface area contributed by atoms with E-state index in [9.17, 15) is 0 Å². The minimum atomic E-state index is 0. The smallest absolute Gasteiger partial charge is 0.0729 e. The lowest BCUT2D eigenvalue weighted by Gasteiger charge is -2.03. The molecule has 0 fully saturated rings. The van der Waals surface area contributed by atoms with E-state index in [1.807, 2.05) is 23.3 Å². The predicted molar refractivity (Wildman–Crippen MR) is 76.5 cm³/mol. The van der Waals surface area contributed by atoms with Gasteiger partial charge < -0.3 is 10.4 Å². The maximum Gasteiger partial charge on any atom is 0.0729 e. The molecule has 0 amide bonds. The summed E-state index contributed by atoms with van der Waals surface area (Å²) in [7, 11) is 0. The second-order valence-electron chi connectivity index (χ2n) is 4.49. The van der Waals surface area contributed by atoms with E-state index in [0.29, 0.717) is 12.6 Å². The summed E-state index contributed by atoms with van der Waals surface area (Å²) in [6.07, 6.45) is 7.53. The van der Waals surface area contributed by atoms with Crippen LogP contribution in [0.15, 0.2) is 24.8 Å². The Morgan fingerprint density at radius 3 is 2.68 bits per heavy atom. The van der Waals surface area contributed by atoms with Crippen molar-refractivity contribution in [1.29, 1.82) is 0 Å². The summed E-state index contributed by atoms with van der Waals surface area (Å²) in [5, 5.41) is 20.5. The van der Waals surface area contributed by atoms with Gasteiger partial charge in [0.2, 0.25) is 0 Å². The Morgan fingerprint density at radius 1 is 1.26 bits per heavy atom. The van der Waals surface area contributed by atoms with E-state index in [1.54, 1.807) is 10.9 Å². The van der Waals surface area contributed by atoms with Gasteiger partial charge >= 0.3 is 0 Å². The molecule has 0 aromatic carbocycles. The summed E-state index contributed by atoms with van der Waals surface area (Å²) in [5.74, 6) is 0. The van der Waals surface area contributed by atoms with Gasteiger partial charge in [-0.15, -0.1) is 12.4 Å². The zero-order valence-electron chi connectivity index (χ0n) is 11.2. The van der Waals surface area contributed by atoms with Gasteiger partial charge in [0.1, 0.15) is 0 Å². The lowest BCUT2D eigenvalue weighted by molar-refractivity contribution is 0.269. The van der Waals surface area contributed by atoms with Crippen LogP contribution >= 0.6 is 12.4 Å². The maximum atomic E-state index is 8.80. The molecule has 2 aromatic heterocycles. The number of nitrogens with zero attached hydrogens (tertiary/aromatic N) is 4. The SMILES string of the molecule is CC(C)n1cc(CNc2cnn(CCO)c2)cn1.Cl. The molecule has 2 N–H and O–H groups in total. The molecular formula is C12H20ClN5O. The first-order valence-corrected chi connectivity index (χ1v) is 6.09. The van der Waals surface area contributed by atoms with Gasteiger partial charge in [0, 0.05) is 30.5 Å². The van der Waals surface area contributed by atoms with Crippen molar-refractivity contribution in [1.82, 2.24) is 19.6 Å². The van der Waals surface area contributed by atoms with Crippen molar-refractivity contribution >= 4 is 18.1 Å². The summed E-state index contributed by atoms with van der Waals surface area (Å²) >= 11 is 0.